The fourth-order valence-corrected chi connectivity index (χ4v) is 2.36. The number of rotatable bonds is 6. The van der Waals surface area contributed by atoms with Crippen LogP contribution in [-0.2, 0) is 11.3 Å². The maximum Gasteiger partial charge on any atom is 0.227 e. The van der Waals surface area contributed by atoms with E-state index in [9.17, 15) is 4.79 Å². The largest absolute Gasteiger partial charge is 0.356 e. The lowest BCUT2D eigenvalue weighted by Gasteiger charge is -2.28. The lowest BCUT2D eigenvalue weighted by atomic mass is 9.92. The Labute approximate surface area is 167 Å². The maximum absolute atomic E-state index is 12.0. The molecule has 0 unspecified atom stereocenters. The first-order valence-corrected chi connectivity index (χ1v) is 8.12. The third-order valence-corrected chi connectivity index (χ3v) is 3.76. The number of guanidine groups is 1. The van der Waals surface area contributed by atoms with Gasteiger partial charge in [-0.25, -0.2) is 0 Å². The van der Waals surface area contributed by atoms with Crippen molar-refractivity contribution in [3.05, 3.63) is 34.9 Å². The molecule has 0 fully saturated rings. The molecule has 0 aliphatic rings. The van der Waals surface area contributed by atoms with Crippen molar-refractivity contribution < 1.29 is 4.79 Å². The molecule has 0 saturated carbocycles. The molecule has 0 heterocycles. The van der Waals surface area contributed by atoms with E-state index in [1.807, 2.05) is 57.0 Å². The highest BCUT2D eigenvalue weighted by molar-refractivity contribution is 14.0. The molecule has 0 bridgehead atoms. The van der Waals surface area contributed by atoms with E-state index in [-0.39, 0.29) is 29.9 Å². The second-order valence-corrected chi connectivity index (χ2v) is 6.57. The molecule has 5 nitrogen and oxygen atoms in total. The van der Waals surface area contributed by atoms with Crippen LogP contribution in [0.15, 0.2) is 29.3 Å². The molecule has 0 aliphatic heterocycles. The van der Waals surface area contributed by atoms with Crippen LogP contribution in [-0.4, -0.2) is 44.0 Å². The zero-order chi connectivity index (χ0) is 17.5. The molecule has 0 aromatic heterocycles. The van der Waals surface area contributed by atoms with Crippen LogP contribution in [0.3, 0.4) is 0 Å². The number of aliphatic imine (C=N–C) groups is 1. The van der Waals surface area contributed by atoms with E-state index in [1.54, 1.807) is 7.05 Å². The zero-order valence-corrected chi connectivity index (χ0v) is 18.1. The first kappa shape index (κ1) is 23.0. The van der Waals surface area contributed by atoms with Gasteiger partial charge in [-0.05, 0) is 38.5 Å². The van der Waals surface area contributed by atoms with Crippen molar-refractivity contribution in [3.8, 4) is 0 Å². The molecule has 24 heavy (non-hydrogen) atoms. The van der Waals surface area contributed by atoms with Crippen LogP contribution in [0.25, 0.3) is 0 Å². The van der Waals surface area contributed by atoms with Crippen LogP contribution in [0.2, 0.25) is 5.02 Å². The van der Waals surface area contributed by atoms with Crippen molar-refractivity contribution in [1.82, 2.24) is 15.5 Å². The summed E-state index contributed by atoms with van der Waals surface area (Å²) in [7, 11) is 3.69. The Morgan fingerprint density at radius 3 is 2.54 bits per heavy atom. The van der Waals surface area contributed by atoms with Gasteiger partial charge in [0.2, 0.25) is 5.91 Å². The monoisotopic (exact) mass is 466 g/mol. The first-order valence-electron chi connectivity index (χ1n) is 7.74. The van der Waals surface area contributed by atoms with Gasteiger partial charge in [-0.2, -0.15) is 0 Å². The average molecular weight is 467 g/mol. The summed E-state index contributed by atoms with van der Waals surface area (Å²) in [5.41, 5.74) is 0.592. The van der Waals surface area contributed by atoms with Crippen molar-refractivity contribution in [2.45, 2.75) is 27.3 Å². The summed E-state index contributed by atoms with van der Waals surface area (Å²) in [5.74, 6) is 0.766. The number of hydrogen-bond donors (Lipinski definition) is 2. The molecule has 0 aliphatic carbocycles. The van der Waals surface area contributed by atoms with Crippen LogP contribution in [0.4, 0.5) is 0 Å². The molecule has 2 N–H and O–H groups in total. The van der Waals surface area contributed by atoms with Crippen molar-refractivity contribution in [1.29, 1.82) is 0 Å². The maximum atomic E-state index is 12.0. The fraction of sp³-hybridized carbons (Fsp3) is 0.529. The Morgan fingerprint density at radius 1 is 1.33 bits per heavy atom. The molecule has 0 spiro atoms. The molecule has 136 valence electrons. The number of hydrogen-bond acceptors (Lipinski definition) is 2. The van der Waals surface area contributed by atoms with Gasteiger partial charge in [0.15, 0.2) is 5.96 Å². The van der Waals surface area contributed by atoms with Crippen molar-refractivity contribution in [2.75, 3.05) is 27.2 Å². The number of nitrogens with zero attached hydrogens (tertiary/aromatic N) is 2. The highest BCUT2D eigenvalue weighted by Gasteiger charge is 2.27. The molecule has 7 heteroatoms. The minimum Gasteiger partial charge on any atom is -0.356 e. The van der Waals surface area contributed by atoms with Gasteiger partial charge in [-0.1, -0.05) is 23.7 Å². The SMILES string of the molecule is CCNC(=O)C(C)(C)CNC(=NC)N(C)Cc1cccc(Cl)c1.I. The van der Waals surface area contributed by atoms with Crippen LogP contribution in [0.1, 0.15) is 26.3 Å². The molecule has 1 aromatic rings. The summed E-state index contributed by atoms with van der Waals surface area (Å²) in [6, 6.07) is 7.74. The minimum atomic E-state index is -0.511. The van der Waals surface area contributed by atoms with Gasteiger partial charge in [0, 0.05) is 38.8 Å². The van der Waals surface area contributed by atoms with E-state index < -0.39 is 5.41 Å². The van der Waals surface area contributed by atoms with Crippen LogP contribution in [0, 0.1) is 5.41 Å². The van der Waals surface area contributed by atoms with Crippen LogP contribution in [0.5, 0.6) is 0 Å². The Morgan fingerprint density at radius 2 is 2.00 bits per heavy atom. The molecule has 0 radical (unpaired) electrons. The molecule has 1 rings (SSSR count). The number of benzene rings is 1. The predicted octanol–water partition coefficient (Wildman–Crippen LogP) is 3.13. The predicted molar refractivity (Wildman–Crippen MR) is 112 cm³/mol. The first-order chi connectivity index (χ1) is 10.8. The second kappa shape index (κ2) is 10.8. The topological polar surface area (TPSA) is 56.7 Å². The normalized spacial score (nSPS) is 11.5. The summed E-state index contributed by atoms with van der Waals surface area (Å²) < 4.78 is 0. The molecule has 1 amide bonds. The smallest absolute Gasteiger partial charge is 0.227 e. The van der Waals surface area contributed by atoms with E-state index in [0.717, 1.165) is 16.5 Å². The van der Waals surface area contributed by atoms with Crippen molar-refractivity contribution >= 4 is 47.4 Å². The number of carbonyl (C=O) groups excluding carboxylic acids is 1. The van der Waals surface area contributed by atoms with Crippen LogP contribution >= 0.6 is 35.6 Å². The summed E-state index contributed by atoms with van der Waals surface area (Å²) in [6.07, 6.45) is 0. The lowest BCUT2D eigenvalue weighted by Crippen LogP contribution is -2.48. The molecule has 0 saturated heterocycles. The lowest BCUT2D eigenvalue weighted by molar-refractivity contribution is -0.128. The van der Waals surface area contributed by atoms with Crippen molar-refractivity contribution in [2.24, 2.45) is 10.4 Å². The second-order valence-electron chi connectivity index (χ2n) is 6.13. The van der Waals surface area contributed by atoms with Crippen molar-refractivity contribution in [3.63, 3.8) is 0 Å². The number of amides is 1. The van der Waals surface area contributed by atoms with Crippen LogP contribution < -0.4 is 10.6 Å². The quantitative estimate of drug-likeness (QED) is 0.385. The van der Waals surface area contributed by atoms with Gasteiger partial charge in [0.25, 0.3) is 0 Å². The molecule has 1 aromatic carbocycles. The van der Waals surface area contributed by atoms with E-state index in [1.165, 1.54) is 0 Å². The highest BCUT2D eigenvalue weighted by atomic mass is 127. The third kappa shape index (κ3) is 7.25. The number of halogens is 2. The van der Waals surface area contributed by atoms with Gasteiger partial charge in [-0.3, -0.25) is 9.79 Å². The molecular weight excluding hydrogens is 439 g/mol. The highest BCUT2D eigenvalue weighted by Crippen LogP contribution is 2.14. The van der Waals surface area contributed by atoms with E-state index >= 15 is 0 Å². The van der Waals surface area contributed by atoms with Gasteiger partial charge in [-0.15, -0.1) is 24.0 Å². The van der Waals surface area contributed by atoms with Gasteiger partial charge >= 0.3 is 0 Å². The summed E-state index contributed by atoms with van der Waals surface area (Å²) >= 11 is 6.02. The summed E-state index contributed by atoms with van der Waals surface area (Å²) in [6.45, 7) is 7.56. The van der Waals surface area contributed by atoms with Gasteiger partial charge in [0.1, 0.15) is 0 Å². The Balaban J connectivity index is 0.00000529. The fourth-order valence-electron chi connectivity index (χ4n) is 2.15. The van der Waals surface area contributed by atoms with E-state index in [2.05, 4.69) is 15.6 Å². The zero-order valence-electron chi connectivity index (χ0n) is 15.0. The summed E-state index contributed by atoms with van der Waals surface area (Å²) in [4.78, 5) is 18.3. The van der Waals surface area contributed by atoms with Gasteiger partial charge < -0.3 is 15.5 Å². The average Bonchev–Trinajstić information content (AvgIpc) is 2.48. The standard InChI is InChI=1S/C17H27ClN4O.HI/c1-6-20-15(23)17(2,3)12-21-16(19-4)22(5)11-13-8-7-9-14(18)10-13;/h7-10H,6,11-12H2,1-5H3,(H,19,21)(H,20,23);1H. The summed E-state index contributed by atoms with van der Waals surface area (Å²) in [5, 5.41) is 6.84. The molecular formula is C17H28ClIN4O. The Hall–Kier alpha value is -1.02. The number of nitrogens with one attached hydrogen (secondary N) is 2. The Kier molecular flexibility index (Phi) is 10.3. The van der Waals surface area contributed by atoms with E-state index in [4.69, 9.17) is 11.6 Å². The minimum absolute atomic E-state index is 0. The third-order valence-electron chi connectivity index (χ3n) is 3.52. The number of carbonyl (C=O) groups is 1. The van der Waals surface area contributed by atoms with E-state index in [0.29, 0.717) is 19.6 Å². The molecule has 0 atom stereocenters. The Bertz CT molecular complexity index is 563. The van der Waals surface area contributed by atoms with Gasteiger partial charge in [0.05, 0.1) is 5.41 Å².